The average molecular weight is 304 g/mol. The molecule has 1 aromatic rings. The third kappa shape index (κ3) is 5.14. The van der Waals surface area contributed by atoms with E-state index < -0.39 is 12.5 Å². The third-order valence-electron chi connectivity index (χ3n) is 2.89. The number of amides is 1. The zero-order valence-electron chi connectivity index (χ0n) is 11.2. The predicted octanol–water partition coefficient (Wildman–Crippen LogP) is 2.13. The number of halogens is 3. The number of piperazine rings is 1. The summed E-state index contributed by atoms with van der Waals surface area (Å²) in [6, 6.07) is 5.21. The fourth-order valence-corrected chi connectivity index (χ4v) is 1.87. The summed E-state index contributed by atoms with van der Waals surface area (Å²) in [7, 11) is 0. The van der Waals surface area contributed by atoms with Gasteiger partial charge in [-0.1, -0.05) is 12.1 Å². The van der Waals surface area contributed by atoms with Crippen molar-refractivity contribution in [2.75, 3.05) is 26.2 Å². The van der Waals surface area contributed by atoms with E-state index in [1.165, 1.54) is 24.3 Å². The predicted molar refractivity (Wildman–Crippen MR) is 67.8 cm³/mol. The lowest BCUT2D eigenvalue weighted by Crippen LogP contribution is -2.46. The van der Waals surface area contributed by atoms with Crippen molar-refractivity contribution in [3.8, 4) is 5.75 Å². The highest BCUT2D eigenvalue weighted by molar-refractivity contribution is 5.67. The van der Waals surface area contributed by atoms with Gasteiger partial charge >= 0.3 is 12.5 Å². The first-order chi connectivity index (χ1) is 9.94. The second kappa shape index (κ2) is 6.66. The van der Waals surface area contributed by atoms with Crippen LogP contribution in [0.3, 0.4) is 0 Å². The van der Waals surface area contributed by atoms with E-state index in [1.807, 2.05) is 0 Å². The van der Waals surface area contributed by atoms with E-state index in [-0.39, 0.29) is 12.4 Å². The smallest absolute Gasteiger partial charge is 0.445 e. The molecule has 1 aliphatic heterocycles. The van der Waals surface area contributed by atoms with E-state index in [0.717, 1.165) is 13.1 Å². The molecule has 0 radical (unpaired) electrons. The van der Waals surface area contributed by atoms with Crippen LogP contribution < -0.4 is 10.1 Å². The molecule has 0 bridgehead atoms. The normalized spacial score (nSPS) is 15.7. The van der Waals surface area contributed by atoms with Crippen molar-refractivity contribution >= 4 is 6.09 Å². The van der Waals surface area contributed by atoms with E-state index in [0.29, 0.717) is 18.7 Å². The molecule has 21 heavy (non-hydrogen) atoms. The molecule has 1 amide bonds. The summed E-state index contributed by atoms with van der Waals surface area (Å²) in [5.74, 6) is -0.306. The summed E-state index contributed by atoms with van der Waals surface area (Å²) in [6.45, 7) is 2.61. The fraction of sp³-hybridized carbons (Fsp3) is 0.462. The number of ether oxygens (including phenoxy) is 2. The third-order valence-corrected chi connectivity index (χ3v) is 2.89. The van der Waals surface area contributed by atoms with Crippen LogP contribution in [0.2, 0.25) is 0 Å². The zero-order chi connectivity index (χ0) is 15.3. The molecule has 0 saturated carbocycles. The van der Waals surface area contributed by atoms with Gasteiger partial charge in [-0.05, 0) is 17.7 Å². The monoisotopic (exact) mass is 304 g/mol. The molecule has 0 unspecified atom stereocenters. The molecule has 8 heteroatoms. The maximum atomic E-state index is 12.0. The van der Waals surface area contributed by atoms with Crippen LogP contribution in [0.4, 0.5) is 18.0 Å². The van der Waals surface area contributed by atoms with Crippen molar-refractivity contribution in [2.24, 2.45) is 0 Å². The Hall–Kier alpha value is -1.96. The highest BCUT2D eigenvalue weighted by atomic mass is 19.4. The van der Waals surface area contributed by atoms with Gasteiger partial charge < -0.3 is 19.7 Å². The summed E-state index contributed by atoms with van der Waals surface area (Å²) >= 11 is 0. The highest BCUT2D eigenvalue weighted by Gasteiger charge is 2.30. The van der Waals surface area contributed by atoms with Gasteiger partial charge in [0.15, 0.2) is 0 Å². The number of nitrogens with zero attached hydrogens (tertiary/aromatic N) is 1. The number of nitrogens with one attached hydrogen (secondary N) is 1. The molecule has 1 aromatic carbocycles. The standard InChI is InChI=1S/C13H15F3N2O3/c14-13(15,16)21-11-3-1-10(2-4-11)9-20-12(19)18-7-5-17-6-8-18/h1-4,17H,5-9H2. The van der Waals surface area contributed by atoms with E-state index in [9.17, 15) is 18.0 Å². The Balaban J connectivity index is 1.81. The first-order valence-corrected chi connectivity index (χ1v) is 6.41. The summed E-state index contributed by atoms with van der Waals surface area (Å²) in [5, 5.41) is 3.11. The van der Waals surface area contributed by atoms with E-state index in [2.05, 4.69) is 10.1 Å². The lowest BCUT2D eigenvalue weighted by Gasteiger charge is -2.26. The second-order valence-corrected chi connectivity index (χ2v) is 4.48. The SMILES string of the molecule is O=C(OCc1ccc(OC(F)(F)F)cc1)N1CCNCC1. The topological polar surface area (TPSA) is 50.8 Å². The molecule has 1 saturated heterocycles. The highest BCUT2D eigenvalue weighted by Crippen LogP contribution is 2.22. The van der Waals surface area contributed by atoms with Crippen molar-refractivity contribution in [2.45, 2.75) is 13.0 Å². The minimum Gasteiger partial charge on any atom is -0.445 e. The Labute approximate surface area is 119 Å². The molecule has 0 spiro atoms. The Morgan fingerprint density at radius 3 is 2.38 bits per heavy atom. The number of alkyl halides is 3. The van der Waals surface area contributed by atoms with Crippen LogP contribution in [-0.2, 0) is 11.3 Å². The van der Waals surface area contributed by atoms with Gasteiger partial charge in [-0.3, -0.25) is 0 Å². The van der Waals surface area contributed by atoms with Gasteiger partial charge in [-0.15, -0.1) is 13.2 Å². The van der Waals surface area contributed by atoms with Gasteiger partial charge in [0.2, 0.25) is 0 Å². The molecule has 5 nitrogen and oxygen atoms in total. The largest absolute Gasteiger partial charge is 0.573 e. The van der Waals surface area contributed by atoms with Crippen molar-refractivity contribution in [1.29, 1.82) is 0 Å². The van der Waals surface area contributed by atoms with Crippen LogP contribution in [0.25, 0.3) is 0 Å². The van der Waals surface area contributed by atoms with E-state index in [1.54, 1.807) is 4.90 Å². The Kier molecular flexibility index (Phi) is 4.89. The number of carbonyl (C=O) groups excluding carboxylic acids is 1. The molecular weight excluding hydrogens is 289 g/mol. The zero-order valence-corrected chi connectivity index (χ0v) is 11.2. The van der Waals surface area contributed by atoms with Gasteiger partial charge in [0, 0.05) is 26.2 Å². The molecule has 0 aliphatic carbocycles. The van der Waals surface area contributed by atoms with Crippen LogP contribution >= 0.6 is 0 Å². The molecular formula is C13H15F3N2O3. The van der Waals surface area contributed by atoms with Gasteiger partial charge in [-0.2, -0.15) is 0 Å². The Bertz CT molecular complexity index is 471. The Morgan fingerprint density at radius 1 is 1.19 bits per heavy atom. The van der Waals surface area contributed by atoms with Crippen LogP contribution in [0.5, 0.6) is 5.75 Å². The number of benzene rings is 1. The van der Waals surface area contributed by atoms with Crippen molar-refractivity contribution in [3.05, 3.63) is 29.8 Å². The molecule has 1 N–H and O–H groups in total. The van der Waals surface area contributed by atoms with Crippen LogP contribution in [0.1, 0.15) is 5.56 Å². The van der Waals surface area contributed by atoms with Gasteiger partial charge in [0.25, 0.3) is 0 Å². The molecule has 1 fully saturated rings. The van der Waals surface area contributed by atoms with Gasteiger partial charge in [-0.25, -0.2) is 4.79 Å². The fourth-order valence-electron chi connectivity index (χ4n) is 1.87. The maximum absolute atomic E-state index is 12.0. The maximum Gasteiger partial charge on any atom is 0.573 e. The van der Waals surface area contributed by atoms with Crippen LogP contribution in [-0.4, -0.2) is 43.5 Å². The van der Waals surface area contributed by atoms with Crippen LogP contribution in [0, 0.1) is 0 Å². The molecule has 0 atom stereocenters. The summed E-state index contributed by atoms with van der Waals surface area (Å²) < 4.78 is 44.9. The summed E-state index contributed by atoms with van der Waals surface area (Å²) in [5.41, 5.74) is 0.591. The number of rotatable bonds is 3. The average Bonchev–Trinajstić information content (AvgIpc) is 2.45. The molecule has 0 aromatic heterocycles. The minimum absolute atomic E-state index is 0.00899. The molecule has 2 rings (SSSR count). The molecule has 116 valence electrons. The Morgan fingerprint density at radius 2 is 1.81 bits per heavy atom. The van der Waals surface area contributed by atoms with Gasteiger partial charge in [0.1, 0.15) is 12.4 Å². The summed E-state index contributed by atoms with van der Waals surface area (Å²) in [4.78, 5) is 13.3. The van der Waals surface area contributed by atoms with Crippen molar-refractivity contribution < 1.29 is 27.4 Å². The number of hydrogen-bond acceptors (Lipinski definition) is 4. The van der Waals surface area contributed by atoms with Crippen LogP contribution in [0.15, 0.2) is 24.3 Å². The quantitative estimate of drug-likeness (QED) is 0.929. The number of hydrogen-bond donors (Lipinski definition) is 1. The second-order valence-electron chi connectivity index (χ2n) is 4.48. The summed E-state index contributed by atoms with van der Waals surface area (Å²) in [6.07, 6.45) is -5.14. The minimum atomic E-state index is -4.71. The lowest BCUT2D eigenvalue weighted by molar-refractivity contribution is -0.274. The molecule has 1 heterocycles. The lowest BCUT2D eigenvalue weighted by atomic mass is 10.2. The first-order valence-electron chi connectivity index (χ1n) is 6.41. The first kappa shape index (κ1) is 15.4. The van der Waals surface area contributed by atoms with Gasteiger partial charge in [0.05, 0.1) is 0 Å². The molecule has 1 aliphatic rings. The number of carbonyl (C=O) groups is 1. The van der Waals surface area contributed by atoms with E-state index in [4.69, 9.17) is 4.74 Å². The van der Waals surface area contributed by atoms with Crippen molar-refractivity contribution in [3.63, 3.8) is 0 Å². The van der Waals surface area contributed by atoms with Crippen molar-refractivity contribution in [1.82, 2.24) is 10.2 Å². The van der Waals surface area contributed by atoms with E-state index >= 15 is 0 Å².